The number of nitrogens with one attached hydrogen (secondary N) is 1. The fourth-order valence-electron chi connectivity index (χ4n) is 2.49. The summed E-state index contributed by atoms with van der Waals surface area (Å²) >= 11 is 0. The fraction of sp³-hybridized carbons (Fsp3) is 0.150. The van der Waals surface area contributed by atoms with Gasteiger partial charge in [0, 0.05) is 17.6 Å². The van der Waals surface area contributed by atoms with Gasteiger partial charge in [-0.25, -0.2) is 8.42 Å². The van der Waals surface area contributed by atoms with Crippen LogP contribution in [0.1, 0.15) is 16.8 Å². The van der Waals surface area contributed by atoms with E-state index in [1.165, 1.54) is 0 Å². The summed E-state index contributed by atoms with van der Waals surface area (Å²) in [4.78, 5) is 4.57. The Morgan fingerprint density at radius 3 is 2.24 bits per heavy atom. The predicted molar refractivity (Wildman–Crippen MR) is 100 cm³/mol. The lowest BCUT2D eigenvalue weighted by atomic mass is 10.1. The Morgan fingerprint density at radius 2 is 1.60 bits per heavy atom. The first kappa shape index (κ1) is 17.2. The van der Waals surface area contributed by atoms with Crippen LogP contribution in [0.5, 0.6) is 0 Å². The Hall–Kier alpha value is -2.66. The van der Waals surface area contributed by atoms with Crippen molar-refractivity contribution < 1.29 is 8.42 Å². The number of benzene rings is 2. The van der Waals surface area contributed by atoms with Crippen LogP contribution in [-0.2, 0) is 22.9 Å². The molecular weight excluding hydrogens is 332 g/mol. The van der Waals surface area contributed by atoms with Crippen molar-refractivity contribution in [2.24, 2.45) is 0 Å². The maximum absolute atomic E-state index is 12.4. The van der Waals surface area contributed by atoms with Crippen molar-refractivity contribution in [3.63, 3.8) is 0 Å². The Balaban J connectivity index is 1.65. The number of rotatable bonds is 6. The van der Waals surface area contributed by atoms with Crippen LogP contribution in [0.3, 0.4) is 0 Å². The van der Waals surface area contributed by atoms with Gasteiger partial charge in [-0.2, -0.15) is 0 Å². The zero-order valence-corrected chi connectivity index (χ0v) is 14.8. The van der Waals surface area contributed by atoms with E-state index in [1.54, 1.807) is 42.6 Å². The van der Waals surface area contributed by atoms with E-state index in [0.717, 1.165) is 29.7 Å². The molecule has 0 aliphatic rings. The van der Waals surface area contributed by atoms with E-state index in [0.29, 0.717) is 5.69 Å². The second-order valence-electron chi connectivity index (χ2n) is 5.94. The number of aryl methyl sites for hydroxylation is 3. The molecule has 0 saturated carbocycles. The summed E-state index contributed by atoms with van der Waals surface area (Å²) in [6, 6.07) is 20.1. The van der Waals surface area contributed by atoms with Crippen LogP contribution in [0.2, 0.25) is 0 Å². The zero-order valence-electron chi connectivity index (χ0n) is 14.0. The Labute approximate surface area is 148 Å². The van der Waals surface area contributed by atoms with Crippen molar-refractivity contribution in [2.45, 2.75) is 24.7 Å². The topological polar surface area (TPSA) is 59.1 Å². The molecule has 25 heavy (non-hydrogen) atoms. The number of nitrogens with zero attached hydrogens (tertiary/aromatic N) is 1. The number of aromatic nitrogens is 1. The van der Waals surface area contributed by atoms with Crippen LogP contribution in [-0.4, -0.2) is 13.4 Å². The highest BCUT2D eigenvalue weighted by atomic mass is 32.2. The van der Waals surface area contributed by atoms with Gasteiger partial charge in [-0.15, -0.1) is 0 Å². The smallest absolute Gasteiger partial charge is 0.261 e. The molecule has 0 radical (unpaired) electrons. The number of sulfonamides is 1. The molecule has 1 aromatic heterocycles. The molecule has 2 aromatic carbocycles. The van der Waals surface area contributed by atoms with Gasteiger partial charge in [0.15, 0.2) is 0 Å². The van der Waals surface area contributed by atoms with Crippen molar-refractivity contribution in [3.05, 3.63) is 89.7 Å². The number of pyridine rings is 1. The van der Waals surface area contributed by atoms with Gasteiger partial charge in [0.05, 0.1) is 4.90 Å². The molecule has 0 aliphatic carbocycles. The van der Waals surface area contributed by atoms with Gasteiger partial charge in [-0.1, -0.05) is 35.9 Å². The van der Waals surface area contributed by atoms with E-state index in [4.69, 9.17) is 0 Å². The monoisotopic (exact) mass is 352 g/mol. The molecule has 3 rings (SSSR count). The van der Waals surface area contributed by atoms with Gasteiger partial charge in [0.25, 0.3) is 10.0 Å². The van der Waals surface area contributed by atoms with Crippen molar-refractivity contribution >= 4 is 15.7 Å². The minimum absolute atomic E-state index is 0.261. The quantitative estimate of drug-likeness (QED) is 0.730. The predicted octanol–water partition coefficient (Wildman–Crippen LogP) is 3.98. The lowest BCUT2D eigenvalue weighted by molar-refractivity contribution is 0.601. The van der Waals surface area contributed by atoms with Crippen LogP contribution in [0.4, 0.5) is 5.69 Å². The lowest BCUT2D eigenvalue weighted by Crippen LogP contribution is -2.12. The van der Waals surface area contributed by atoms with E-state index in [1.807, 2.05) is 37.3 Å². The first-order valence-corrected chi connectivity index (χ1v) is 9.60. The van der Waals surface area contributed by atoms with Crippen molar-refractivity contribution in [3.8, 4) is 0 Å². The van der Waals surface area contributed by atoms with Gasteiger partial charge in [-0.05, 0) is 61.7 Å². The van der Waals surface area contributed by atoms with E-state index < -0.39 is 10.0 Å². The minimum atomic E-state index is -3.56. The molecule has 0 unspecified atom stereocenters. The van der Waals surface area contributed by atoms with E-state index in [-0.39, 0.29) is 4.90 Å². The van der Waals surface area contributed by atoms with Crippen molar-refractivity contribution in [2.75, 3.05) is 4.72 Å². The summed E-state index contributed by atoms with van der Waals surface area (Å²) in [5, 5.41) is 0. The number of hydrogen-bond acceptors (Lipinski definition) is 3. The molecule has 1 heterocycles. The Morgan fingerprint density at radius 1 is 0.880 bits per heavy atom. The number of hydrogen-bond donors (Lipinski definition) is 1. The summed E-state index contributed by atoms with van der Waals surface area (Å²) in [5.41, 5.74) is 3.77. The Kier molecular flexibility index (Phi) is 5.14. The van der Waals surface area contributed by atoms with Crippen LogP contribution in [0.15, 0.2) is 77.8 Å². The van der Waals surface area contributed by atoms with Gasteiger partial charge in [0.1, 0.15) is 0 Å². The summed E-state index contributed by atoms with van der Waals surface area (Å²) in [7, 11) is -3.56. The van der Waals surface area contributed by atoms with Crippen LogP contribution < -0.4 is 4.72 Å². The molecule has 0 aliphatic heterocycles. The molecule has 0 fully saturated rings. The molecule has 0 bridgehead atoms. The highest BCUT2D eigenvalue weighted by Gasteiger charge is 2.13. The molecule has 0 atom stereocenters. The van der Waals surface area contributed by atoms with Crippen LogP contribution in [0.25, 0.3) is 0 Å². The largest absolute Gasteiger partial charge is 0.280 e. The molecule has 5 heteroatoms. The van der Waals surface area contributed by atoms with E-state index in [2.05, 4.69) is 9.71 Å². The summed E-state index contributed by atoms with van der Waals surface area (Å²) < 4.78 is 27.4. The third-order valence-electron chi connectivity index (χ3n) is 3.93. The van der Waals surface area contributed by atoms with Crippen LogP contribution in [0, 0.1) is 6.92 Å². The first-order valence-electron chi connectivity index (χ1n) is 8.11. The minimum Gasteiger partial charge on any atom is -0.280 e. The van der Waals surface area contributed by atoms with E-state index in [9.17, 15) is 8.42 Å². The molecule has 3 aromatic rings. The van der Waals surface area contributed by atoms with Gasteiger partial charge >= 0.3 is 0 Å². The lowest BCUT2D eigenvalue weighted by Gasteiger charge is -2.09. The number of anilines is 1. The maximum Gasteiger partial charge on any atom is 0.261 e. The van der Waals surface area contributed by atoms with Crippen LogP contribution >= 0.6 is 0 Å². The standard InChI is InChI=1S/C20H20N2O2S/c1-16-5-13-20(14-6-16)25(23,24)22-19-11-8-17(9-12-19)7-10-18-4-2-3-15-21-18/h2-6,8-9,11-15,22H,7,10H2,1H3. The maximum atomic E-state index is 12.4. The second kappa shape index (κ2) is 7.49. The Bertz CT molecular complexity index is 920. The fourth-order valence-corrected chi connectivity index (χ4v) is 3.55. The van der Waals surface area contributed by atoms with E-state index >= 15 is 0 Å². The molecular formula is C20H20N2O2S. The first-order chi connectivity index (χ1) is 12.0. The second-order valence-corrected chi connectivity index (χ2v) is 7.62. The molecule has 1 N–H and O–H groups in total. The summed E-state index contributed by atoms with van der Waals surface area (Å²) in [5.74, 6) is 0. The third-order valence-corrected chi connectivity index (χ3v) is 5.33. The highest BCUT2D eigenvalue weighted by molar-refractivity contribution is 7.92. The summed E-state index contributed by atoms with van der Waals surface area (Å²) in [6.07, 6.45) is 3.51. The molecule has 4 nitrogen and oxygen atoms in total. The van der Waals surface area contributed by atoms with Gasteiger partial charge < -0.3 is 0 Å². The molecule has 0 saturated heterocycles. The molecule has 128 valence electrons. The highest BCUT2D eigenvalue weighted by Crippen LogP contribution is 2.17. The van der Waals surface area contributed by atoms with Crippen molar-refractivity contribution in [1.82, 2.24) is 4.98 Å². The van der Waals surface area contributed by atoms with Gasteiger partial charge in [-0.3, -0.25) is 9.71 Å². The average Bonchev–Trinajstić information content (AvgIpc) is 2.62. The third kappa shape index (κ3) is 4.67. The van der Waals surface area contributed by atoms with Gasteiger partial charge in [0.2, 0.25) is 0 Å². The average molecular weight is 352 g/mol. The SMILES string of the molecule is Cc1ccc(S(=O)(=O)Nc2ccc(CCc3ccccn3)cc2)cc1. The normalized spacial score (nSPS) is 11.2. The zero-order chi connectivity index (χ0) is 17.7. The molecule has 0 spiro atoms. The van der Waals surface area contributed by atoms with Crippen molar-refractivity contribution in [1.29, 1.82) is 0 Å². The summed E-state index contributed by atoms with van der Waals surface area (Å²) in [6.45, 7) is 1.92. The molecule has 0 amide bonds.